The molecule has 4 amide bonds. The first-order chi connectivity index (χ1) is 13.0. The van der Waals surface area contributed by atoms with Crippen LogP contribution < -0.4 is 10.6 Å². The Bertz CT molecular complexity index is 908. The quantitative estimate of drug-likeness (QED) is 0.769. The number of rotatable bonds is 5. The molecule has 0 saturated carbocycles. The van der Waals surface area contributed by atoms with Gasteiger partial charge in [-0.05, 0) is 37.0 Å². The fourth-order valence-electron chi connectivity index (χ4n) is 3.28. The van der Waals surface area contributed by atoms with Crippen molar-refractivity contribution in [3.05, 3.63) is 46.2 Å². The minimum Gasteiger partial charge on any atom is -0.325 e. The van der Waals surface area contributed by atoms with Crippen LogP contribution in [0.5, 0.6) is 0 Å². The number of halogens is 1. The Morgan fingerprint density at radius 3 is 3.00 bits per heavy atom. The Kier molecular flexibility index (Phi) is 4.61. The van der Waals surface area contributed by atoms with Gasteiger partial charge in [-0.2, -0.15) is 0 Å². The van der Waals surface area contributed by atoms with Crippen LogP contribution in [-0.2, 0) is 29.0 Å². The second-order valence-corrected chi connectivity index (χ2v) is 7.63. The minimum atomic E-state index is -0.933. The van der Waals surface area contributed by atoms with Crippen molar-refractivity contribution >= 4 is 34.3 Å². The number of urea groups is 1. The van der Waals surface area contributed by atoms with Crippen LogP contribution in [0.4, 0.5) is 14.3 Å². The number of aryl methyl sites for hydroxylation is 2. The highest BCUT2D eigenvalue weighted by molar-refractivity contribution is 7.15. The number of nitrogens with zero attached hydrogens (tertiary/aromatic N) is 2. The van der Waals surface area contributed by atoms with Gasteiger partial charge < -0.3 is 10.6 Å². The van der Waals surface area contributed by atoms with Gasteiger partial charge in [0.15, 0.2) is 5.13 Å². The number of imide groups is 1. The molecule has 2 N–H and O–H groups in total. The van der Waals surface area contributed by atoms with E-state index in [2.05, 4.69) is 15.6 Å². The third-order valence-electron chi connectivity index (χ3n) is 4.57. The number of benzene rings is 1. The summed E-state index contributed by atoms with van der Waals surface area (Å²) in [5.74, 6) is -1.32. The molecule has 0 radical (unpaired) electrons. The van der Waals surface area contributed by atoms with Gasteiger partial charge in [-0.3, -0.25) is 14.5 Å². The lowest BCUT2D eigenvalue weighted by Gasteiger charge is -2.13. The van der Waals surface area contributed by atoms with Gasteiger partial charge >= 0.3 is 6.03 Å². The number of nitrogens with one attached hydrogen (secondary N) is 2. The first kappa shape index (κ1) is 17.6. The molecule has 1 aliphatic heterocycles. The van der Waals surface area contributed by atoms with Gasteiger partial charge in [0.05, 0.1) is 18.7 Å². The van der Waals surface area contributed by atoms with Crippen molar-refractivity contribution in [3.8, 4) is 0 Å². The lowest BCUT2D eigenvalue weighted by atomic mass is 10.1. The predicted octanol–water partition coefficient (Wildman–Crippen LogP) is 2.22. The van der Waals surface area contributed by atoms with Gasteiger partial charge in [0.1, 0.15) is 11.9 Å². The summed E-state index contributed by atoms with van der Waals surface area (Å²) in [4.78, 5) is 43.3. The molecule has 27 heavy (non-hydrogen) atoms. The van der Waals surface area contributed by atoms with E-state index in [1.54, 1.807) is 6.07 Å². The van der Waals surface area contributed by atoms with E-state index in [9.17, 15) is 18.8 Å². The summed E-state index contributed by atoms with van der Waals surface area (Å²) in [5.41, 5.74) is 1.53. The topological polar surface area (TPSA) is 91.4 Å². The molecule has 0 spiro atoms. The van der Waals surface area contributed by atoms with E-state index in [4.69, 9.17) is 0 Å². The molecular weight excluding hydrogens is 371 g/mol. The lowest BCUT2D eigenvalue weighted by molar-refractivity contribution is -0.130. The van der Waals surface area contributed by atoms with Crippen LogP contribution in [0.1, 0.15) is 29.0 Å². The molecule has 2 aromatic rings. The molecule has 4 rings (SSSR count). The van der Waals surface area contributed by atoms with Gasteiger partial charge in [0.2, 0.25) is 5.91 Å². The number of hydrogen-bond donors (Lipinski definition) is 2. The average Bonchev–Trinajstić information content (AvgIpc) is 3.25. The molecule has 2 heterocycles. The highest BCUT2D eigenvalue weighted by Crippen LogP contribution is 2.30. The predicted molar refractivity (Wildman–Crippen MR) is 96.7 cm³/mol. The van der Waals surface area contributed by atoms with Crippen LogP contribution >= 0.6 is 11.3 Å². The van der Waals surface area contributed by atoms with E-state index < -0.39 is 23.8 Å². The number of fused-ring (bicyclic) bond motifs is 1. The van der Waals surface area contributed by atoms with E-state index in [0.29, 0.717) is 10.7 Å². The van der Waals surface area contributed by atoms with Crippen molar-refractivity contribution in [1.29, 1.82) is 0 Å². The maximum atomic E-state index is 13.3. The first-order valence-corrected chi connectivity index (χ1v) is 9.46. The fraction of sp³-hybridized carbons (Fsp3) is 0.333. The molecule has 1 aliphatic carbocycles. The van der Waals surface area contributed by atoms with Crippen molar-refractivity contribution in [3.63, 3.8) is 0 Å². The molecule has 1 saturated heterocycles. The van der Waals surface area contributed by atoms with Gasteiger partial charge in [0.25, 0.3) is 5.91 Å². The Morgan fingerprint density at radius 1 is 1.37 bits per heavy atom. The van der Waals surface area contributed by atoms with Crippen LogP contribution in [0.3, 0.4) is 0 Å². The third kappa shape index (κ3) is 3.68. The van der Waals surface area contributed by atoms with Gasteiger partial charge in [-0.25, -0.2) is 14.2 Å². The molecule has 9 heteroatoms. The van der Waals surface area contributed by atoms with Gasteiger partial charge in [-0.15, -0.1) is 11.3 Å². The molecule has 7 nitrogen and oxygen atoms in total. The maximum Gasteiger partial charge on any atom is 0.325 e. The largest absolute Gasteiger partial charge is 0.325 e. The number of anilines is 1. The number of aromatic nitrogens is 1. The normalized spacial score (nSPS) is 18.6. The maximum absolute atomic E-state index is 13.3. The van der Waals surface area contributed by atoms with Crippen molar-refractivity contribution in [1.82, 2.24) is 15.2 Å². The Morgan fingerprint density at radius 2 is 2.22 bits per heavy atom. The molecule has 1 fully saturated rings. The molecule has 1 aromatic carbocycles. The summed E-state index contributed by atoms with van der Waals surface area (Å²) in [6.07, 6.45) is 2.82. The molecular formula is C18H17FN4O3S. The van der Waals surface area contributed by atoms with E-state index in [1.165, 1.54) is 34.4 Å². The summed E-state index contributed by atoms with van der Waals surface area (Å²) in [5, 5.41) is 5.74. The van der Waals surface area contributed by atoms with Crippen molar-refractivity contribution in [2.75, 3.05) is 5.32 Å². The summed E-state index contributed by atoms with van der Waals surface area (Å²) in [6.45, 7) is -0.0419. The SMILES string of the molecule is O=C(CC1NC(=O)N(Cc2cccc(F)c2)C1=O)Nc1nc2c(s1)CCC2. The third-order valence-corrected chi connectivity index (χ3v) is 5.64. The van der Waals surface area contributed by atoms with Crippen molar-refractivity contribution in [2.45, 2.75) is 38.3 Å². The number of amides is 4. The minimum absolute atomic E-state index is 0.0419. The Hall–Kier alpha value is -2.81. The van der Waals surface area contributed by atoms with Gasteiger partial charge in [-0.1, -0.05) is 12.1 Å². The van der Waals surface area contributed by atoms with Crippen LogP contribution in [-0.4, -0.2) is 33.8 Å². The number of carbonyl (C=O) groups excluding carboxylic acids is 3. The zero-order valence-corrected chi connectivity index (χ0v) is 15.1. The second kappa shape index (κ2) is 7.07. The molecule has 1 aromatic heterocycles. The summed E-state index contributed by atoms with van der Waals surface area (Å²) in [7, 11) is 0. The molecule has 1 unspecified atom stereocenters. The Balaban J connectivity index is 1.37. The lowest BCUT2D eigenvalue weighted by Crippen LogP contribution is -2.34. The van der Waals surface area contributed by atoms with E-state index in [-0.39, 0.29) is 18.9 Å². The molecule has 140 valence electrons. The average molecular weight is 388 g/mol. The summed E-state index contributed by atoms with van der Waals surface area (Å²) >= 11 is 1.45. The van der Waals surface area contributed by atoms with Crippen LogP contribution in [0.2, 0.25) is 0 Å². The number of hydrogen-bond acceptors (Lipinski definition) is 5. The summed E-state index contributed by atoms with van der Waals surface area (Å²) in [6, 6.07) is 4.18. The van der Waals surface area contributed by atoms with Gasteiger partial charge in [0, 0.05) is 4.88 Å². The number of carbonyl (C=O) groups is 3. The van der Waals surface area contributed by atoms with Crippen molar-refractivity contribution < 1.29 is 18.8 Å². The molecule has 2 aliphatic rings. The van der Waals surface area contributed by atoms with Crippen molar-refractivity contribution in [2.24, 2.45) is 0 Å². The smallest absolute Gasteiger partial charge is 0.325 e. The zero-order valence-electron chi connectivity index (χ0n) is 14.3. The van der Waals surface area contributed by atoms with Crippen LogP contribution in [0.25, 0.3) is 0 Å². The van der Waals surface area contributed by atoms with Crippen LogP contribution in [0, 0.1) is 5.82 Å². The molecule has 1 atom stereocenters. The first-order valence-electron chi connectivity index (χ1n) is 8.64. The zero-order chi connectivity index (χ0) is 19.0. The molecule has 0 bridgehead atoms. The highest BCUT2D eigenvalue weighted by Gasteiger charge is 2.39. The van der Waals surface area contributed by atoms with Crippen LogP contribution in [0.15, 0.2) is 24.3 Å². The monoisotopic (exact) mass is 388 g/mol. The highest BCUT2D eigenvalue weighted by atomic mass is 32.1. The van der Waals surface area contributed by atoms with E-state index in [1.807, 2.05) is 0 Å². The van der Waals surface area contributed by atoms with E-state index in [0.717, 1.165) is 29.9 Å². The number of thiazole rings is 1. The standard InChI is InChI=1S/C18H17FN4O3S/c19-11-4-1-3-10(7-11)9-23-16(25)13(21-18(23)26)8-15(24)22-17-20-12-5-2-6-14(12)27-17/h1,3-4,7,13H,2,5-6,8-9H2,(H,21,26)(H,20,22,24). The van der Waals surface area contributed by atoms with E-state index >= 15 is 0 Å². The second-order valence-electron chi connectivity index (χ2n) is 6.55. The fourth-order valence-corrected chi connectivity index (χ4v) is 4.35. The Labute approximate surface area is 158 Å². The summed E-state index contributed by atoms with van der Waals surface area (Å²) < 4.78 is 13.3.